The van der Waals surface area contributed by atoms with E-state index in [1.807, 2.05) is 97.9 Å². The van der Waals surface area contributed by atoms with Gasteiger partial charge in [0.1, 0.15) is 5.75 Å². The number of hydrogen-bond acceptors (Lipinski definition) is 8. The lowest BCUT2D eigenvalue weighted by atomic mass is 9.82. The van der Waals surface area contributed by atoms with Crippen molar-refractivity contribution in [3.05, 3.63) is 158 Å². The molecule has 3 aliphatic rings. The smallest absolute Gasteiger partial charge is 0.279 e. The van der Waals surface area contributed by atoms with Crippen molar-refractivity contribution in [2.75, 3.05) is 18.6 Å². The van der Waals surface area contributed by atoms with Crippen LogP contribution in [0.25, 0.3) is 16.6 Å². The average Bonchev–Trinajstić information content (AvgIpc) is 3.85. The van der Waals surface area contributed by atoms with Crippen molar-refractivity contribution in [1.29, 1.82) is 0 Å². The van der Waals surface area contributed by atoms with Gasteiger partial charge in [-0.15, -0.1) is 0 Å². The third-order valence-electron chi connectivity index (χ3n) is 13.4. The van der Waals surface area contributed by atoms with Crippen molar-refractivity contribution in [3.63, 3.8) is 0 Å². The number of rotatable bonds is 10. The number of carbonyl (C=O) groups is 2. The number of aliphatic hydroxyl groups excluding tert-OH is 1. The molecule has 3 aliphatic heterocycles. The number of nitrogens with zero attached hydrogens (tertiary/aromatic N) is 4. The first-order chi connectivity index (χ1) is 29.3. The van der Waals surface area contributed by atoms with E-state index >= 15 is 4.79 Å². The van der Waals surface area contributed by atoms with Gasteiger partial charge in [-0.25, -0.2) is 4.68 Å². The minimum atomic E-state index is -2.69. The molecule has 5 aromatic carbocycles. The molecule has 0 unspecified atom stereocenters. The lowest BCUT2D eigenvalue weighted by Gasteiger charge is -2.39. The van der Waals surface area contributed by atoms with Gasteiger partial charge in [0, 0.05) is 30.2 Å². The molecule has 1 aromatic heterocycles. The molecule has 1 saturated heterocycles. The molecule has 0 saturated carbocycles. The SMILES string of the molecule is COc1ccc([Si](C)(C)[C@H]2[C@H](CC(=O)N3Cc4ccccc4C[C@H]3CO)O[C@@]3(C(=O)N(Cc4cccc(-n5[nH]c6ccccc6c5=O)c4)c4ccc([N+](=O)[O-])cc43)[C@@H]2C)cc1. The highest BCUT2D eigenvalue weighted by molar-refractivity contribution is 6.91. The molecule has 9 rings (SSSR count). The molecule has 1 fully saturated rings. The van der Waals surface area contributed by atoms with E-state index in [1.54, 1.807) is 29.0 Å². The van der Waals surface area contributed by atoms with Gasteiger partial charge in [-0.1, -0.05) is 85.9 Å². The number of nitro benzene ring substituents is 1. The minimum Gasteiger partial charge on any atom is -0.497 e. The Kier molecular flexibility index (Phi) is 10.0. The molecule has 13 nitrogen and oxygen atoms in total. The van der Waals surface area contributed by atoms with Crippen LogP contribution in [0.2, 0.25) is 18.6 Å². The summed E-state index contributed by atoms with van der Waals surface area (Å²) < 4.78 is 14.2. The third kappa shape index (κ3) is 6.56. The van der Waals surface area contributed by atoms with Gasteiger partial charge in [0.25, 0.3) is 17.2 Å². The fourth-order valence-electron chi connectivity index (χ4n) is 10.3. The Morgan fingerprint density at radius 3 is 2.43 bits per heavy atom. The van der Waals surface area contributed by atoms with Crippen molar-refractivity contribution in [3.8, 4) is 11.4 Å². The van der Waals surface area contributed by atoms with Crippen LogP contribution in [0, 0.1) is 16.0 Å². The number of H-pyrrole nitrogens is 1. The third-order valence-corrected chi connectivity index (χ3v) is 17.8. The average molecular weight is 838 g/mol. The van der Waals surface area contributed by atoms with E-state index < -0.39 is 36.7 Å². The Hall–Kier alpha value is -6.35. The number of para-hydroxylation sites is 1. The monoisotopic (exact) mass is 837 g/mol. The standard InChI is InChI=1S/C47H47N5O8Si/c1-29-44(61(3,4)37-19-17-36(59-2)18-20-37)42(25-43(54)49-27-32-12-6-5-11-31(32)23-35(49)28-53)60-47(29)39-24-34(52(57)58)16-21-41(39)50(46(47)56)26-30-10-9-13-33(22-30)51-45(55)38-14-7-8-15-40(38)48-51/h5-22,24,29,35,42,44,48,53H,23,25-28H2,1-4H3/t29-,35+,42+,44-,47+/m1/s1. The molecular weight excluding hydrogens is 791 g/mol. The van der Waals surface area contributed by atoms with E-state index in [0.29, 0.717) is 46.6 Å². The van der Waals surface area contributed by atoms with Gasteiger partial charge in [-0.05, 0) is 71.1 Å². The summed E-state index contributed by atoms with van der Waals surface area (Å²) in [6.07, 6.45) is -0.294. The first-order valence-electron chi connectivity index (χ1n) is 20.5. The number of hydrogen-bond donors (Lipinski definition) is 2. The Labute approximate surface area is 353 Å². The second kappa shape index (κ2) is 15.3. The first kappa shape index (κ1) is 40.1. The van der Waals surface area contributed by atoms with Crippen LogP contribution in [0.15, 0.2) is 120 Å². The number of methoxy groups -OCH3 is 1. The fourth-order valence-corrected chi connectivity index (χ4v) is 14.3. The van der Waals surface area contributed by atoms with Crippen molar-refractivity contribution >= 4 is 47.4 Å². The number of aromatic nitrogens is 2. The summed E-state index contributed by atoms with van der Waals surface area (Å²) in [5.41, 5.74) is 2.62. The van der Waals surface area contributed by atoms with E-state index in [0.717, 1.165) is 21.9 Å². The molecule has 0 aliphatic carbocycles. The molecule has 0 bridgehead atoms. The van der Waals surface area contributed by atoms with Crippen LogP contribution in [0.3, 0.4) is 0 Å². The van der Waals surface area contributed by atoms with E-state index in [-0.39, 0.29) is 48.2 Å². The highest BCUT2D eigenvalue weighted by atomic mass is 28.3. The van der Waals surface area contributed by atoms with E-state index in [2.05, 4.69) is 18.2 Å². The van der Waals surface area contributed by atoms with Crippen LogP contribution < -0.4 is 20.4 Å². The number of nitro groups is 1. The molecule has 1 spiro atoms. The predicted octanol–water partition coefficient (Wildman–Crippen LogP) is 6.33. The summed E-state index contributed by atoms with van der Waals surface area (Å²) >= 11 is 0. The number of amides is 2. The lowest BCUT2D eigenvalue weighted by Crippen LogP contribution is -2.52. The van der Waals surface area contributed by atoms with Gasteiger partial charge in [-0.3, -0.25) is 29.6 Å². The van der Waals surface area contributed by atoms with E-state index in [9.17, 15) is 24.8 Å². The van der Waals surface area contributed by atoms with Crippen molar-refractivity contribution < 1.29 is 29.1 Å². The summed E-state index contributed by atoms with van der Waals surface area (Å²) in [5, 5.41) is 27.7. The highest BCUT2D eigenvalue weighted by Crippen LogP contribution is 2.60. The maximum Gasteiger partial charge on any atom is 0.279 e. The summed E-state index contributed by atoms with van der Waals surface area (Å²) in [4.78, 5) is 58.8. The Morgan fingerprint density at radius 1 is 0.967 bits per heavy atom. The number of ether oxygens (including phenoxy) is 2. The van der Waals surface area contributed by atoms with Gasteiger partial charge in [0.2, 0.25) is 5.91 Å². The fraction of sp³-hybridized carbons (Fsp3) is 0.298. The molecule has 0 radical (unpaired) electrons. The van der Waals surface area contributed by atoms with Gasteiger partial charge >= 0.3 is 0 Å². The molecule has 61 heavy (non-hydrogen) atoms. The molecule has 14 heteroatoms. The summed E-state index contributed by atoms with van der Waals surface area (Å²) in [7, 11) is -1.08. The second-order valence-corrected chi connectivity index (χ2v) is 21.7. The second-order valence-electron chi connectivity index (χ2n) is 17.0. The van der Waals surface area contributed by atoms with Crippen LogP contribution >= 0.6 is 0 Å². The zero-order valence-electron chi connectivity index (χ0n) is 34.4. The van der Waals surface area contributed by atoms with Gasteiger partial charge in [-0.2, -0.15) is 0 Å². The number of aromatic amines is 1. The Bertz CT molecular complexity index is 2770. The molecule has 312 valence electrons. The van der Waals surface area contributed by atoms with E-state index in [4.69, 9.17) is 9.47 Å². The predicted molar refractivity (Wildman–Crippen MR) is 234 cm³/mol. The molecule has 2 amide bonds. The normalized spacial score (nSPS) is 22.1. The van der Waals surface area contributed by atoms with Crippen LogP contribution in [0.1, 0.15) is 35.6 Å². The Morgan fingerprint density at radius 2 is 1.70 bits per heavy atom. The van der Waals surface area contributed by atoms with Crippen LogP contribution in [-0.2, 0) is 39.4 Å². The maximum absolute atomic E-state index is 15.5. The van der Waals surface area contributed by atoms with Gasteiger partial charge in [0.05, 0.1) is 74.1 Å². The summed E-state index contributed by atoms with van der Waals surface area (Å²) in [6.45, 7) is 6.63. The number of non-ortho nitro benzene ring substituents is 1. The maximum atomic E-state index is 15.5. The first-order valence-corrected chi connectivity index (χ1v) is 23.6. The number of fused-ring (bicyclic) bond motifs is 4. The minimum absolute atomic E-state index is 0.0547. The number of carbonyl (C=O) groups excluding carboxylic acids is 2. The molecule has 4 heterocycles. The van der Waals surface area contributed by atoms with Crippen LogP contribution in [0.4, 0.5) is 11.4 Å². The number of anilines is 1. The molecule has 2 N–H and O–H groups in total. The van der Waals surface area contributed by atoms with Crippen LogP contribution in [-0.4, -0.2) is 70.5 Å². The van der Waals surface area contributed by atoms with Gasteiger partial charge < -0.3 is 24.4 Å². The molecule has 5 atom stereocenters. The van der Waals surface area contributed by atoms with Crippen molar-refractivity contribution in [2.45, 2.75) is 69.2 Å². The highest BCUT2D eigenvalue weighted by Gasteiger charge is 2.67. The van der Waals surface area contributed by atoms with Gasteiger partial charge in [0.15, 0.2) is 5.60 Å². The lowest BCUT2D eigenvalue weighted by molar-refractivity contribution is -0.385. The largest absolute Gasteiger partial charge is 0.497 e. The summed E-state index contributed by atoms with van der Waals surface area (Å²) in [6, 6.07) is 34.5. The molecule has 6 aromatic rings. The molecular formula is C47H47N5O8Si. The number of nitrogens with one attached hydrogen (secondary N) is 1. The number of aliphatic hydroxyl groups is 1. The number of benzene rings is 5. The van der Waals surface area contributed by atoms with E-state index in [1.165, 1.54) is 16.8 Å². The Balaban J connectivity index is 1.12. The topological polar surface area (TPSA) is 160 Å². The zero-order chi connectivity index (χ0) is 42.8. The zero-order valence-corrected chi connectivity index (χ0v) is 35.4. The van der Waals surface area contributed by atoms with Crippen LogP contribution in [0.5, 0.6) is 5.75 Å². The summed E-state index contributed by atoms with van der Waals surface area (Å²) in [5.74, 6) is -0.394. The quantitative estimate of drug-likeness (QED) is 0.0920. The van der Waals surface area contributed by atoms with Crippen molar-refractivity contribution in [1.82, 2.24) is 14.7 Å². The van der Waals surface area contributed by atoms with Crippen molar-refractivity contribution in [2.24, 2.45) is 5.92 Å².